The van der Waals surface area contributed by atoms with Crippen LogP contribution in [0.15, 0.2) is 58.2 Å². The molecule has 0 aliphatic rings. The second-order valence-electron chi connectivity index (χ2n) is 5.96. The van der Waals surface area contributed by atoms with Crippen molar-refractivity contribution in [1.82, 2.24) is 10.2 Å². The first-order valence-electron chi connectivity index (χ1n) is 8.57. The number of aromatic nitrogens is 2. The Morgan fingerprint density at radius 2 is 1.79 bits per heavy atom. The maximum atomic E-state index is 11.3. The number of carbonyl (C=O) groups excluding carboxylic acids is 1. The Labute approximate surface area is 166 Å². The zero-order valence-electron chi connectivity index (χ0n) is 15.5. The van der Waals surface area contributed by atoms with Crippen LogP contribution in [0.5, 0.6) is 11.5 Å². The van der Waals surface area contributed by atoms with Gasteiger partial charge in [-0.25, -0.2) is 0 Å². The number of benzene rings is 2. The van der Waals surface area contributed by atoms with E-state index in [4.69, 9.17) is 13.9 Å². The lowest BCUT2D eigenvalue weighted by molar-refractivity contribution is 0.101. The maximum Gasteiger partial charge on any atom is 0.276 e. The molecule has 2 aromatic carbocycles. The number of ketones is 1. The molecule has 3 rings (SSSR count). The number of hydrogen-bond donors (Lipinski definition) is 1. The molecule has 1 N–H and O–H groups in total. The second kappa shape index (κ2) is 9.38. The number of carbonyl (C=O) groups is 1. The highest BCUT2D eigenvalue weighted by molar-refractivity contribution is 7.99. The Bertz CT molecular complexity index is 909. The van der Waals surface area contributed by atoms with E-state index in [0.29, 0.717) is 28.2 Å². The van der Waals surface area contributed by atoms with Gasteiger partial charge in [0.2, 0.25) is 5.89 Å². The lowest BCUT2D eigenvalue weighted by Crippen LogP contribution is -2.20. The van der Waals surface area contributed by atoms with E-state index in [2.05, 4.69) is 10.2 Å². The van der Waals surface area contributed by atoms with E-state index >= 15 is 0 Å². The first kappa shape index (κ1) is 19.9. The number of nitrogens with zero attached hydrogens (tertiary/aromatic N) is 2. The fourth-order valence-electron chi connectivity index (χ4n) is 2.31. The minimum Gasteiger partial charge on any atom is -0.497 e. The van der Waals surface area contributed by atoms with Crippen LogP contribution in [0.1, 0.15) is 17.3 Å². The number of aliphatic hydroxyl groups is 1. The predicted octanol–water partition coefficient (Wildman–Crippen LogP) is 3.48. The average molecular weight is 400 g/mol. The lowest BCUT2D eigenvalue weighted by Gasteiger charge is -2.11. The summed E-state index contributed by atoms with van der Waals surface area (Å²) in [5, 5.41) is 18.5. The Kier molecular flexibility index (Phi) is 6.67. The monoisotopic (exact) mass is 400 g/mol. The van der Waals surface area contributed by atoms with Crippen LogP contribution >= 0.6 is 11.8 Å². The van der Waals surface area contributed by atoms with Gasteiger partial charge in [-0.3, -0.25) is 4.79 Å². The summed E-state index contributed by atoms with van der Waals surface area (Å²) < 4.78 is 16.3. The third-order valence-electron chi connectivity index (χ3n) is 3.85. The van der Waals surface area contributed by atoms with Crippen molar-refractivity contribution < 1.29 is 23.8 Å². The summed E-state index contributed by atoms with van der Waals surface area (Å²) in [5.74, 6) is 2.08. The summed E-state index contributed by atoms with van der Waals surface area (Å²) in [7, 11) is 1.60. The standard InChI is InChI=1S/C20H20N2O5S/c1-13(23)14-3-9-18(10-4-14)26-11-16(24)12-28-20-22-21-19(27-20)15-5-7-17(25-2)8-6-15/h3-10,16,24H,11-12H2,1-2H3/t16-/m0/s1. The summed E-state index contributed by atoms with van der Waals surface area (Å²) in [5.41, 5.74) is 1.41. The van der Waals surface area contributed by atoms with Crippen molar-refractivity contribution in [3.8, 4) is 23.0 Å². The third-order valence-corrected chi connectivity index (χ3v) is 4.81. The van der Waals surface area contributed by atoms with Gasteiger partial charge in [-0.05, 0) is 55.5 Å². The van der Waals surface area contributed by atoms with Crippen molar-refractivity contribution in [2.24, 2.45) is 0 Å². The molecular weight excluding hydrogens is 380 g/mol. The molecule has 0 radical (unpaired) electrons. The minimum atomic E-state index is -0.714. The Morgan fingerprint density at radius 3 is 2.43 bits per heavy atom. The Morgan fingerprint density at radius 1 is 1.11 bits per heavy atom. The van der Waals surface area contributed by atoms with Crippen LogP contribution in [0.3, 0.4) is 0 Å². The summed E-state index contributed by atoms with van der Waals surface area (Å²) in [6, 6.07) is 14.1. The van der Waals surface area contributed by atoms with Gasteiger partial charge in [0.1, 0.15) is 18.1 Å². The molecule has 28 heavy (non-hydrogen) atoms. The summed E-state index contributed by atoms with van der Waals surface area (Å²) in [6.45, 7) is 1.63. The number of rotatable bonds is 9. The van der Waals surface area contributed by atoms with Crippen molar-refractivity contribution in [3.63, 3.8) is 0 Å². The normalized spacial score (nSPS) is 11.8. The first-order chi connectivity index (χ1) is 13.5. The van der Waals surface area contributed by atoms with Crippen LogP contribution in [0.25, 0.3) is 11.5 Å². The van der Waals surface area contributed by atoms with Crippen LogP contribution in [-0.4, -0.2) is 46.7 Å². The fourth-order valence-corrected chi connectivity index (χ4v) is 2.98. The van der Waals surface area contributed by atoms with Crippen LogP contribution < -0.4 is 9.47 Å². The van der Waals surface area contributed by atoms with E-state index in [-0.39, 0.29) is 12.4 Å². The smallest absolute Gasteiger partial charge is 0.276 e. The molecule has 0 aliphatic carbocycles. The van der Waals surface area contributed by atoms with Crippen LogP contribution in [0.4, 0.5) is 0 Å². The van der Waals surface area contributed by atoms with Gasteiger partial charge < -0.3 is 19.0 Å². The van der Waals surface area contributed by atoms with Crippen molar-refractivity contribution in [3.05, 3.63) is 54.1 Å². The molecule has 0 amide bonds. The number of hydrogen-bond acceptors (Lipinski definition) is 8. The number of aliphatic hydroxyl groups excluding tert-OH is 1. The molecule has 0 fully saturated rings. The van der Waals surface area contributed by atoms with E-state index in [1.807, 2.05) is 24.3 Å². The van der Waals surface area contributed by atoms with Crippen LogP contribution in [0.2, 0.25) is 0 Å². The first-order valence-corrected chi connectivity index (χ1v) is 9.56. The molecule has 146 valence electrons. The average Bonchev–Trinajstić information content (AvgIpc) is 3.20. The van der Waals surface area contributed by atoms with Gasteiger partial charge >= 0.3 is 0 Å². The van der Waals surface area contributed by atoms with Gasteiger partial charge in [0.05, 0.1) is 13.2 Å². The van der Waals surface area contributed by atoms with E-state index in [0.717, 1.165) is 11.3 Å². The van der Waals surface area contributed by atoms with Crippen LogP contribution in [0, 0.1) is 0 Å². The highest BCUT2D eigenvalue weighted by Crippen LogP contribution is 2.25. The van der Waals surface area contributed by atoms with Gasteiger partial charge in [0.15, 0.2) is 5.78 Å². The van der Waals surface area contributed by atoms with Crippen LogP contribution in [-0.2, 0) is 0 Å². The van der Waals surface area contributed by atoms with Gasteiger partial charge in [0.25, 0.3) is 5.22 Å². The predicted molar refractivity (Wildman–Crippen MR) is 105 cm³/mol. The molecule has 0 spiro atoms. The topological polar surface area (TPSA) is 94.7 Å². The number of thioether (sulfide) groups is 1. The molecule has 0 saturated heterocycles. The maximum absolute atomic E-state index is 11.3. The van der Waals surface area contributed by atoms with E-state index in [9.17, 15) is 9.90 Å². The molecule has 8 heteroatoms. The molecule has 3 aromatic rings. The Balaban J connectivity index is 1.47. The fraction of sp³-hybridized carbons (Fsp3) is 0.250. The van der Waals surface area contributed by atoms with E-state index in [1.165, 1.54) is 18.7 Å². The van der Waals surface area contributed by atoms with E-state index in [1.54, 1.807) is 31.4 Å². The molecule has 1 aromatic heterocycles. The van der Waals surface area contributed by atoms with Crippen molar-refractivity contribution in [2.75, 3.05) is 19.5 Å². The summed E-state index contributed by atoms with van der Waals surface area (Å²) in [6.07, 6.45) is -0.714. The van der Waals surface area contributed by atoms with Gasteiger partial charge in [0, 0.05) is 16.9 Å². The van der Waals surface area contributed by atoms with Crippen molar-refractivity contribution in [1.29, 1.82) is 0 Å². The summed E-state index contributed by atoms with van der Waals surface area (Å²) in [4.78, 5) is 11.3. The van der Waals surface area contributed by atoms with Gasteiger partial charge in [-0.2, -0.15) is 0 Å². The molecular formula is C20H20N2O5S. The zero-order valence-corrected chi connectivity index (χ0v) is 16.3. The summed E-state index contributed by atoms with van der Waals surface area (Å²) >= 11 is 1.25. The lowest BCUT2D eigenvalue weighted by atomic mass is 10.1. The minimum absolute atomic E-state index is 0.00319. The Hall–Kier alpha value is -2.84. The molecule has 1 heterocycles. The highest BCUT2D eigenvalue weighted by atomic mass is 32.2. The van der Waals surface area contributed by atoms with Gasteiger partial charge in [-0.1, -0.05) is 11.8 Å². The molecule has 0 bridgehead atoms. The second-order valence-corrected chi connectivity index (χ2v) is 6.93. The quantitative estimate of drug-likeness (QED) is 0.431. The number of Topliss-reactive ketones (excluding diaryl/α,β-unsaturated/α-hetero) is 1. The number of methoxy groups -OCH3 is 1. The largest absolute Gasteiger partial charge is 0.497 e. The highest BCUT2D eigenvalue weighted by Gasteiger charge is 2.13. The molecule has 0 unspecified atom stereocenters. The molecule has 1 atom stereocenters. The molecule has 7 nitrogen and oxygen atoms in total. The SMILES string of the molecule is COc1ccc(-c2nnc(SC[C@@H](O)COc3ccc(C(C)=O)cc3)o2)cc1. The van der Waals surface area contributed by atoms with E-state index < -0.39 is 6.10 Å². The third kappa shape index (κ3) is 5.34. The van der Waals surface area contributed by atoms with Crippen molar-refractivity contribution >= 4 is 17.5 Å². The molecule has 0 aliphatic heterocycles. The zero-order chi connectivity index (χ0) is 19.9. The van der Waals surface area contributed by atoms with Crippen molar-refractivity contribution in [2.45, 2.75) is 18.3 Å². The number of ether oxygens (including phenoxy) is 2. The molecule has 0 saturated carbocycles. The van der Waals surface area contributed by atoms with Gasteiger partial charge in [-0.15, -0.1) is 10.2 Å².